The molecule has 0 aliphatic heterocycles. The first-order valence-electron chi connectivity index (χ1n) is 9.06. The molecule has 0 radical (unpaired) electrons. The Balaban J connectivity index is 2.25. The first kappa shape index (κ1) is 23.7. The molecule has 1 amide bonds. The summed E-state index contributed by atoms with van der Waals surface area (Å²) in [5.74, 6) is 0.162. The van der Waals surface area contributed by atoms with Gasteiger partial charge in [0.15, 0.2) is 9.84 Å². The minimum absolute atomic E-state index is 0.283. The Morgan fingerprint density at radius 3 is 2.13 bits per heavy atom. The third kappa shape index (κ3) is 4.77. The van der Waals surface area contributed by atoms with E-state index >= 15 is 0 Å². The van der Waals surface area contributed by atoms with Crippen molar-refractivity contribution in [1.29, 1.82) is 0 Å². The Kier molecular flexibility index (Phi) is 6.56. The second-order valence-electron chi connectivity index (χ2n) is 7.61. The topological polar surface area (TPSA) is 72.5 Å². The number of sulfone groups is 1. The number of alkyl halides is 3. The van der Waals surface area contributed by atoms with Crippen LogP contribution in [-0.4, -0.2) is 32.7 Å². The van der Waals surface area contributed by atoms with Gasteiger partial charge in [-0.15, -0.1) is 0 Å². The largest absolute Gasteiger partial charge is 0.496 e. The van der Waals surface area contributed by atoms with Crippen LogP contribution in [0.1, 0.15) is 40.9 Å². The minimum Gasteiger partial charge on any atom is -0.496 e. The molecule has 0 aromatic heterocycles. The lowest BCUT2D eigenvalue weighted by Crippen LogP contribution is -2.44. The Morgan fingerprint density at radius 2 is 1.63 bits per heavy atom. The lowest BCUT2D eigenvalue weighted by atomic mass is 10.0. The van der Waals surface area contributed by atoms with Crippen molar-refractivity contribution >= 4 is 15.7 Å². The second-order valence-corrected chi connectivity index (χ2v) is 10.2. The van der Waals surface area contributed by atoms with Crippen molar-refractivity contribution < 1.29 is 31.1 Å². The molecule has 164 valence electrons. The number of hydrogen-bond donors (Lipinski definition) is 1. The van der Waals surface area contributed by atoms with Crippen LogP contribution in [-0.2, 0) is 16.0 Å². The molecule has 0 atom stereocenters. The van der Waals surface area contributed by atoms with Gasteiger partial charge in [0.05, 0.1) is 22.3 Å². The highest BCUT2D eigenvalue weighted by molar-refractivity contribution is 7.92. The number of rotatable bonds is 6. The van der Waals surface area contributed by atoms with Crippen molar-refractivity contribution in [2.75, 3.05) is 13.7 Å². The highest BCUT2D eigenvalue weighted by Crippen LogP contribution is 2.33. The number of nitrogens with one attached hydrogen (secondary N) is 1. The average molecular weight is 443 g/mol. The quantitative estimate of drug-likeness (QED) is 0.722. The number of methoxy groups -OCH3 is 1. The molecular weight excluding hydrogens is 419 g/mol. The number of ether oxygens (including phenoxy) is 1. The molecule has 0 fully saturated rings. The number of aryl methyl sites for hydroxylation is 2. The van der Waals surface area contributed by atoms with Gasteiger partial charge in [0, 0.05) is 12.1 Å². The second kappa shape index (κ2) is 8.29. The fraction of sp³-hybridized carbons (Fsp3) is 0.381. The summed E-state index contributed by atoms with van der Waals surface area (Å²) in [6.45, 7) is 5.99. The molecule has 9 heteroatoms. The number of hydrogen-bond acceptors (Lipinski definition) is 4. The van der Waals surface area contributed by atoms with Crippen molar-refractivity contribution in [2.24, 2.45) is 0 Å². The molecule has 0 heterocycles. The van der Waals surface area contributed by atoms with E-state index in [4.69, 9.17) is 4.74 Å². The lowest BCUT2D eigenvalue weighted by molar-refractivity contribution is -0.137. The van der Waals surface area contributed by atoms with Crippen LogP contribution in [0.4, 0.5) is 13.2 Å². The molecule has 2 aromatic carbocycles. The monoisotopic (exact) mass is 443 g/mol. The molecule has 0 aliphatic rings. The van der Waals surface area contributed by atoms with Gasteiger partial charge in [-0.2, -0.15) is 13.2 Å². The molecule has 2 rings (SSSR count). The Bertz CT molecular complexity index is 1040. The summed E-state index contributed by atoms with van der Waals surface area (Å²) in [6, 6.07) is 6.82. The van der Waals surface area contributed by atoms with E-state index in [0.717, 1.165) is 29.3 Å². The summed E-state index contributed by atoms with van der Waals surface area (Å²) in [5, 5.41) is 2.57. The maximum atomic E-state index is 13.0. The summed E-state index contributed by atoms with van der Waals surface area (Å²) >= 11 is 0. The van der Waals surface area contributed by atoms with Gasteiger partial charge in [-0.25, -0.2) is 8.42 Å². The van der Waals surface area contributed by atoms with E-state index in [9.17, 15) is 26.4 Å². The van der Waals surface area contributed by atoms with E-state index in [1.54, 1.807) is 26.0 Å². The maximum absolute atomic E-state index is 13.0. The van der Waals surface area contributed by atoms with Crippen LogP contribution in [0.3, 0.4) is 0 Å². The summed E-state index contributed by atoms with van der Waals surface area (Å²) < 4.78 is 68.5. The van der Waals surface area contributed by atoms with E-state index < -0.39 is 37.1 Å². The summed E-state index contributed by atoms with van der Waals surface area (Å²) in [5.41, 5.74) is 0.780. The van der Waals surface area contributed by atoms with Gasteiger partial charge in [0.2, 0.25) is 0 Å². The van der Waals surface area contributed by atoms with Crippen molar-refractivity contribution in [1.82, 2.24) is 5.32 Å². The van der Waals surface area contributed by atoms with Gasteiger partial charge in [0.1, 0.15) is 5.75 Å². The SMILES string of the molecule is COc1c(C)cc(C(=O)NCC(C)(C)S(=O)(=O)c2cccc(C(F)(F)F)c2)cc1C. The number of benzene rings is 2. The van der Waals surface area contributed by atoms with E-state index in [2.05, 4.69) is 5.32 Å². The van der Waals surface area contributed by atoms with Gasteiger partial charge < -0.3 is 10.1 Å². The highest BCUT2D eigenvalue weighted by Gasteiger charge is 2.38. The van der Waals surface area contributed by atoms with Gasteiger partial charge in [-0.3, -0.25) is 4.79 Å². The molecule has 5 nitrogen and oxygen atoms in total. The maximum Gasteiger partial charge on any atom is 0.416 e. The molecule has 0 saturated heterocycles. The Labute approximate surface area is 174 Å². The smallest absolute Gasteiger partial charge is 0.416 e. The minimum atomic E-state index is -4.66. The fourth-order valence-electron chi connectivity index (χ4n) is 3.05. The van der Waals surface area contributed by atoms with Gasteiger partial charge in [-0.05, 0) is 69.2 Å². The van der Waals surface area contributed by atoms with Crippen LogP contribution in [0.15, 0.2) is 41.3 Å². The fourth-order valence-corrected chi connectivity index (χ4v) is 4.49. The van der Waals surface area contributed by atoms with Crippen LogP contribution < -0.4 is 10.1 Å². The molecule has 0 unspecified atom stereocenters. The summed E-state index contributed by atoms with van der Waals surface area (Å²) in [6.07, 6.45) is -4.66. The van der Waals surface area contributed by atoms with E-state index in [0.29, 0.717) is 17.4 Å². The van der Waals surface area contributed by atoms with Crippen molar-refractivity contribution in [3.05, 3.63) is 58.7 Å². The first-order valence-corrected chi connectivity index (χ1v) is 10.5. The number of amides is 1. The van der Waals surface area contributed by atoms with E-state index in [1.165, 1.54) is 21.0 Å². The summed E-state index contributed by atoms with van der Waals surface area (Å²) in [7, 11) is -2.64. The zero-order valence-corrected chi connectivity index (χ0v) is 18.2. The molecule has 0 bridgehead atoms. The molecule has 0 spiro atoms. The Morgan fingerprint density at radius 1 is 1.07 bits per heavy atom. The van der Waals surface area contributed by atoms with Crippen LogP contribution in [0.5, 0.6) is 5.75 Å². The number of halogens is 3. The van der Waals surface area contributed by atoms with Crippen LogP contribution in [0.2, 0.25) is 0 Å². The van der Waals surface area contributed by atoms with Crippen LogP contribution in [0.25, 0.3) is 0 Å². The number of carbonyl (C=O) groups is 1. The lowest BCUT2D eigenvalue weighted by Gasteiger charge is -2.26. The Hall–Kier alpha value is -2.55. The molecule has 2 aromatic rings. The van der Waals surface area contributed by atoms with Crippen molar-refractivity contribution in [3.63, 3.8) is 0 Å². The zero-order valence-electron chi connectivity index (χ0n) is 17.3. The molecule has 30 heavy (non-hydrogen) atoms. The molecular formula is C21H24F3NO4S. The first-order chi connectivity index (χ1) is 13.7. The third-order valence-electron chi connectivity index (χ3n) is 4.80. The molecule has 1 N–H and O–H groups in total. The normalized spacial score (nSPS) is 12.5. The summed E-state index contributed by atoms with van der Waals surface area (Å²) in [4.78, 5) is 12.1. The van der Waals surface area contributed by atoms with Crippen LogP contribution in [0, 0.1) is 13.8 Å². The van der Waals surface area contributed by atoms with Crippen molar-refractivity contribution in [3.8, 4) is 5.75 Å². The van der Waals surface area contributed by atoms with E-state index in [-0.39, 0.29) is 6.54 Å². The zero-order chi connectivity index (χ0) is 22.9. The predicted molar refractivity (Wildman–Crippen MR) is 108 cm³/mol. The standard InChI is InChI=1S/C21H24F3NO4S/c1-13-9-15(10-14(2)18(13)29-5)19(26)25-12-20(3,4)30(27,28)17-8-6-7-16(11-17)21(22,23)24/h6-11H,12H2,1-5H3,(H,25,26). The third-order valence-corrected chi connectivity index (χ3v) is 7.27. The average Bonchev–Trinajstić information content (AvgIpc) is 2.65. The van der Waals surface area contributed by atoms with E-state index in [1.807, 2.05) is 0 Å². The highest BCUT2D eigenvalue weighted by atomic mass is 32.2. The molecule has 0 saturated carbocycles. The van der Waals surface area contributed by atoms with Crippen molar-refractivity contribution in [2.45, 2.75) is 43.5 Å². The van der Waals surface area contributed by atoms with Gasteiger partial charge >= 0.3 is 6.18 Å². The van der Waals surface area contributed by atoms with Crippen LogP contribution >= 0.6 is 0 Å². The predicted octanol–water partition coefficient (Wildman–Crippen LogP) is 4.31. The number of carbonyl (C=O) groups excluding carboxylic acids is 1. The van der Waals surface area contributed by atoms with Gasteiger partial charge in [0.25, 0.3) is 5.91 Å². The van der Waals surface area contributed by atoms with Gasteiger partial charge in [-0.1, -0.05) is 6.07 Å². The molecule has 0 aliphatic carbocycles.